The van der Waals surface area contributed by atoms with Crippen LogP contribution >= 0.6 is 0 Å². The van der Waals surface area contributed by atoms with E-state index >= 15 is 0 Å². The van der Waals surface area contributed by atoms with E-state index in [0.717, 1.165) is 17.5 Å². The summed E-state index contributed by atoms with van der Waals surface area (Å²) in [5.41, 5.74) is 2.34. The van der Waals surface area contributed by atoms with E-state index in [2.05, 4.69) is 90.7 Å². The van der Waals surface area contributed by atoms with Crippen molar-refractivity contribution in [2.75, 3.05) is 6.54 Å². The molecular formula is C25H23NO. The number of rotatable bonds is 4. The van der Waals surface area contributed by atoms with Crippen LogP contribution in [0.4, 0.5) is 0 Å². The van der Waals surface area contributed by atoms with Crippen molar-refractivity contribution in [1.82, 2.24) is 4.90 Å². The van der Waals surface area contributed by atoms with Gasteiger partial charge >= 0.3 is 0 Å². The largest absolute Gasteiger partial charge is 0.387 e. The molecule has 0 radical (unpaired) electrons. The lowest BCUT2D eigenvalue weighted by molar-refractivity contribution is 0.152. The summed E-state index contributed by atoms with van der Waals surface area (Å²) in [4.78, 5) is 2.38. The van der Waals surface area contributed by atoms with Gasteiger partial charge in [0, 0.05) is 12.6 Å². The summed E-state index contributed by atoms with van der Waals surface area (Å²) in [5, 5.41) is 16.0. The number of hydrogen-bond acceptors (Lipinski definition) is 2. The molecule has 2 heteroatoms. The highest BCUT2D eigenvalue weighted by atomic mass is 16.3. The fourth-order valence-electron chi connectivity index (χ4n) is 4.35. The van der Waals surface area contributed by atoms with Crippen LogP contribution in [0.3, 0.4) is 0 Å². The molecule has 4 aromatic rings. The monoisotopic (exact) mass is 353 g/mol. The van der Waals surface area contributed by atoms with Gasteiger partial charge in [-0.05, 0) is 45.7 Å². The number of hydrogen-bond donors (Lipinski definition) is 1. The topological polar surface area (TPSA) is 23.2 Å². The molecule has 0 spiro atoms. The summed E-state index contributed by atoms with van der Waals surface area (Å²) in [5.74, 6) is 0. The zero-order valence-electron chi connectivity index (χ0n) is 15.4. The highest BCUT2D eigenvalue weighted by molar-refractivity contribution is 6.09. The van der Waals surface area contributed by atoms with E-state index in [0.29, 0.717) is 6.04 Å². The van der Waals surface area contributed by atoms with E-state index in [9.17, 15) is 5.11 Å². The fraction of sp³-hybridized carbons (Fsp3) is 0.200. The van der Waals surface area contributed by atoms with Crippen molar-refractivity contribution >= 4 is 21.5 Å². The molecule has 0 bridgehead atoms. The second-order valence-corrected chi connectivity index (χ2v) is 7.53. The maximum absolute atomic E-state index is 11.2. The van der Waals surface area contributed by atoms with Gasteiger partial charge in [0.05, 0.1) is 12.1 Å². The minimum atomic E-state index is -0.481. The van der Waals surface area contributed by atoms with E-state index in [-0.39, 0.29) is 6.04 Å². The maximum atomic E-state index is 11.2. The molecule has 1 heterocycles. The smallest absolute Gasteiger partial charge is 0.0964 e. The van der Waals surface area contributed by atoms with E-state index < -0.39 is 6.10 Å². The molecule has 1 fully saturated rings. The minimum absolute atomic E-state index is 0.171. The van der Waals surface area contributed by atoms with Crippen molar-refractivity contribution in [2.45, 2.75) is 25.1 Å². The molecule has 5 rings (SSSR count). The lowest BCUT2D eigenvalue weighted by Crippen LogP contribution is -2.15. The SMILES string of the molecule is C[C@H](c1ccccc1)N1C[C@H]1[C@H](O)c1cc2ccccc2c2ccccc12. The first-order chi connectivity index (χ1) is 13.2. The fourth-order valence-corrected chi connectivity index (χ4v) is 4.35. The van der Waals surface area contributed by atoms with Gasteiger partial charge in [0.15, 0.2) is 0 Å². The van der Waals surface area contributed by atoms with Crippen molar-refractivity contribution in [3.8, 4) is 0 Å². The lowest BCUT2D eigenvalue weighted by Gasteiger charge is -2.19. The van der Waals surface area contributed by atoms with Crippen LogP contribution in [0.5, 0.6) is 0 Å². The number of fused-ring (bicyclic) bond motifs is 3. The first-order valence-electron chi connectivity index (χ1n) is 9.63. The van der Waals surface area contributed by atoms with Gasteiger partial charge in [-0.1, -0.05) is 78.9 Å². The first kappa shape index (κ1) is 16.5. The van der Waals surface area contributed by atoms with Gasteiger partial charge in [-0.25, -0.2) is 0 Å². The average Bonchev–Trinajstić information content (AvgIpc) is 3.54. The van der Waals surface area contributed by atoms with Crippen LogP contribution in [0.15, 0.2) is 84.9 Å². The number of aliphatic hydroxyl groups is 1. The summed E-state index contributed by atoms with van der Waals surface area (Å²) < 4.78 is 0. The predicted molar refractivity (Wildman–Crippen MR) is 112 cm³/mol. The van der Waals surface area contributed by atoms with Gasteiger partial charge in [0.1, 0.15) is 0 Å². The quantitative estimate of drug-likeness (QED) is 0.388. The minimum Gasteiger partial charge on any atom is -0.387 e. The Bertz CT molecular complexity index is 1100. The highest BCUT2D eigenvalue weighted by Crippen LogP contribution is 2.41. The van der Waals surface area contributed by atoms with Crippen LogP contribution in [-0.2, 0) is 0 Å². The Balaban J connectivity index is 1.52. The Kier molecular flexibility index (Phi) is 3.96. The zero-order valence-corrected chi connectivity index (χ0v) is 15.4. The summed E-state index contributed by atoms with van der Waals surface area (Å²) >= 11 is 0. The van der Waals surface area contributed by atoms with Gasteiger partial charge < -0.3 is 5.11 Å². The highest BCUT2D eigenvalue weighted by Gasteiger charge is 2.44. The maximum Gasteiger partial charge on any atom is 0.0964 e. The number of nitrogens with zero attached hydrogens (tertiary/aromatic N) is 1. The van der Waals surface area contributed by atoms with Crippen LogP contribution in [-0.4, -0.2) is 22.6 Å². The lowest BCUT2D eigenvalue weighted by atomic mass is 9.93. The molecule has 1 unspecified atom stereocenters. The van der Waals surface area contributed by atoms with Crippen LogP contribution in [0, 0.1) is 0 Å². The first-order valence-corrected chi connectivity index (χ1v) is 9.63. The number of aliphatic hydroxyl groups excluding tert-OH is 1. The average molecular weight is 353 g/mol. The molecule has 134 valence electrons. The second kappa shape index (κ2) is 6.49. The van der Waals surface area contributed by atoms with Crippen molar-refractivity contribution in [3.05, 3.63) is 96.1 Å². The van der Waals surface area contributed by atoms with Crippen molar-refractivity contribution < 1.29 is 5.11 Å². The molecule has 1 N–H and O–H groups in total. The molecule has 0 saturated carbocycles. The normalized spacial score (nSPS) is 21.3. The summed E-state index contributed by atoms with van der Waals surface area (Å²) in [6, 6.07) is 30.1. The van der Waals surface area contributed by atoms with Crippen LogP contribution in [0.25, 0.3) is 21.5 Å². The molecule has 0 aliphatic carbocycles. The van der Waals surface area contributed by atoms with Gasteiger partial charge in [0.2, 0.25) is 0 Å². The summed E-state index contributed by atoms with van der Waals surface area (Å²) in [6.45, 7) is 3.15. The predicted octanol–water partition coefficient (Wildman–Crippen LogP) is 5.47. The van der Waals surface area contributed by atoms with Crippen molar-refractivity contribution in [1.29, 1.82) is 0 Å². The van der Waals surface area contributed by atoms with Crippen molar-refractivity contribution in [2.24, 2.45) is 0 Å². The Labute approximate surface area is 159 Å². The zero-order chi connectivity index (χ0) is 18.4. The number of benzene rings is 4. The Morgan fingerprint density at radius 1 is 0.815 bits per heavy atom. The van der Waals surface area contributed by atoms with Crippen LogP contribution in [0.1, 0.15) is 30.2 Å². The molecule has 0 aromatic heterocycles. The third-order valence-corrected chi connectivity index (χ3v) is 5.95. The van der Waals surface area contributed by atoms with Gasteiger partial charge in [-0.3, -0.25) is 4.90 Å². The standard InChI is InChI=1S/C25H23NO/c1-17(18-9-3-2-4-10-18)26-16-24(26)25(27)23-15-19-11-5-6-12-20(19)21-13-7-8-14-22(21)23/h2-15,17,24-25,27H,16H2,1H3/t17-,24+,25-,26?/m1/s1. The second-order valence-electron chi connectivity index (χ2n) is 7.53. The van der Waals surface area contributed by atoms with E-state index in [1.807, 2.05) is 6.07 Å². The van der Waals surface area contributed by atoms with E-state index in [4.69, 9.17) is 0 Å². The molecule has 1 aliphatic rings. The Morgan fingerprint density at radius 3 is 2.22 bits per heavy atom. The molecule has 1 aliphatic heterocycles. The molecule has 4 atom stereocenters. The molecule has 1 saturated heterocycles. The molecular weight excluding hydrogens is 330 g/mol. The van der Waals surface area contributed by atoms with Crippen molar-refractivity contribution in [3.63, 3.8) is 0 Å². The Morgan fingerprint density at radius 2 is 1.44 bits per heavy atom. The van der Waals surface area contributed by atoms with Gasteiger partial charge in [-0.15, -0.1) is 0 Å². The van der Waals surface area contributed by atoms with Gasteiger partial charge in [0.25, 0.3) is 0 Å². The molecule has 27 heavy (non-hydrogen) atoms. The molecule has 4 aromatic carbocycles. The van der Waals surface area contributed by atoms with E-state index in [1.165, 1.54) is 21.7 Å². The Hall–Kier alpha value is -2.68. The summed E-state index contributed by atoms with van der Waals surface area (Å²) in [6.07, 6.45) is -0.481. The van der Waals surface area contributed by atoms with Crippen LogP contribution < -0.4 is 0 Å². The summed E-state index contributed by atoms with van der Waals surface area (Å²) in [7, 11) is 0. The third kappa shape index (κ3) is 2.82. The van der Waals surface area contributed by atoms with E-state index in [1.54, 1.807) is 0 Å². The molecule has 0 amide bonds. The van der Waals surface area contributed by atoms with Gasteiger partial charge in [-0.2, -0.15) is 0 Å². The molecule has 2 nitrogen and oxygen atoms in total. The third-order valence-electron chi connectivity index (χ3n) is 5.95. The van der Waals surface area contributed by atoms with Crippen LogP contribution in [0.2, 0.25) is 0 Å².